The molecule has 1 aliphatic heterocycles. The van der Waals surface area contributed by atoms with E-state index < -0.39 is 0 Å². The Morgan fingerprint density at radius 1 is 0.893 bits per heavy atom. The van der Waals surface area contributed by atoms with Crippen molar-refractivity contribution in [3.05, 3.63) is 95.4 Å². The van der Waals surface area contributed by atoms with Gasteiger partial charge in [-0.3, -0.25) is 9.69 Å². The lowest BCUT2D eigenvalue weighted by atomic mass is 10.2. The average molecular weight is 386 g/mol. The Bertz CT molecular complexity index is 1050. The van der Waals surface area contributed by atoms with Crippen LogP contribution in [0.4, 0.5) is 11.4 Å². The van der Waals surface area contributed by atoms with Crippen molar-refractivity contribution in [3.63, 3.8) is 0 Å². The molecule has 4 nitrogen and oxygen atoms in total. The fourth-order valence-electron chi connectivity index (χ4n) is 2.89. The fourth-order valence-corrected chi connectivity index (χ4v) is 3.89. The number of para-hydroxylation sites is 3. The Hall–Kier alpha value is -3.31. The van der Waals surface area contributed by atoms with Crippen LogP contribution in [0.2, 0.25) is 0 Å². The lowest BCUT2D eigenvalue weighted by Gasteiger charge is -2.15. The molecular formula is C23H18N2O2S. The summed E-state index contributed by atoms with van der Waals surface area (Å²) < 4.78 is 5.42. The van der Waals surface area contributed by atoms with E-state index in [0.717, 1.165) is 22.7 Å². The van der Waals surface area contributed by atoms with Crippen molar-refractivity contribution in [2.24, 2.45) is 4.99 Å². The maximum absolute atomic E-state index is 13.2. The molecule has 3 aromatic rings. The molecule has 138 valence electrons. The number of carbonyl (C=O) groups is 1. The fraction of sp³-hybridized carbons (Fsp3) is 0.0435. The quantitative estimate of drug-likeness (QED) is 0.556. The summed E-state index contributed by atoms with van der Waals surface area (Å²) in [5.41, 5.74) is 2.45. The first kappa shape index (κ1) is 18.1. The number of ether oxygens (including phenoxy) is 1. The van der Waals surface area contributed by atoms with Crippen LogP contribution in [0.3, 0.4) is 0 Å². The second-order valence-electron chi connectivity index (χ2n) is 6.06. The third-order valence-corrected chi connectivity index (χ3v) is 5.20. The van der Waals surface area contributed by atoms with Gasteiger partial charge in [0.15, 0.2) is 5.17 Å². The molecule has 1 saturated heterocycles. The van der Waals surface area contributed by atoms with E-state index in [1.807, 2.05) is 91.0 Å². The first-order chi connectivity index (χ1) is 13.8. The van der Waals surface area contributed by atoms with Crippen molar-refractivity contribution >= 4 is 40.3 Å². The summed E-state index contributed by atoms with van der Waals surface area (Å²) in [6, 6.07) is 26.8. The Morgan fingerprint density at radius 3 is 2.25 bits per heavy atom. The topological polar surface area (TPSA) is 41.9 Å². The Balaban J connectivity index is 1.78. The molecule has 0 radical (unpaired) electrons. The number of anilines is 1. The molecule has 0 bridgehead atoms. The molecule has 0 N–H and O–H groups in total. The highest BCUT2D eigenvalue weighted by Crippen LogP contribution is 2.38. The van der Waals surface area contributed by atoms with Crippen LogP contribution in [0, 0.1) is 0 Å². The predicted octanol–water partition coefficient (Wildman–Crippen LogP) is 5.50. The highest BCUT2D eigenvalue weighted by Gasteiger charge is 2.34. The maximum Gasteiger partial charge on any atom is 0.271 e. The molecule has 0 aliphatic carbocycles. The van der Waals surface area contributed by atoms with Crippen molar-refractivity contribution < 1.29 is 9.53 Å². The van der Waals surface area contributed by atoms with E-state index in [0.29, 0.717) is 10.1 Å². The van der Waals surface area contributed by atoms with Gasteiger partial charge < -0.3 is 4.74 Å². The van der Waals surface area contributed by atoms with Gasteiger partial charge in [0.2, 0.25) is 0 Å². The van der Waals surface area contributed by atoms with E-state index >= 15 is 0 Å². The van der Waals surface area contributed by atoms with Crippen LogP contribution >= 0.6 is 11.8 Å². The van der Waals surface area contributed by atoms with E-state index in [4.69, 9.17) is 9.73 Å². The number of amidine groups is 1. The molecule has 0 spiro atoms. The van der Waals surface area contributed by atoms with Gasteiger partial charge in [0.05, 0.1) is 23.4 Å². The van der Waals surface area contributed by atoms with Gasteiger partial charge in [0, 0.05) is 5.56 Å². The summed E-state index contributed by atoms with van der Waals surface area (Å²) in [4.78, 5) is 20.2. The monoisotopic (exact) mass is 386 g/mol. The van der Waals surface area contributed by atoms with Gasteiger partial charge in [-0.25, -0.2) is 4.99 Å². The highest BCUT2D eigenvalue weighted by molar-refractivity contribution is 8.19. The molecule has 5 heteroatoms. The van der Waals surface area contributed by atoms with E-state index in [1.54, 1.807) is 12.0 Å². The van der Waals surface area contributed by atoms with Gasteiger partial charge in [0.25, 0.3) is 5.91 Å². The minimum absolute atomic E-state index is 0.100. The van der Waals surface area contributed by atoms with Gasteiger partial charge >= 0.3 is 0 Å². The molecule has 0 aromatic heterocycles. The maximum atomic E-state index is 13.2. The number of hydrogen-bond acceptors (Lipinski definition) is 4. The minimum atomic E-state index is -0.100. The van der Waals surface area contributed by atoms with Crippen LogP contribution in [-0.4, -0.2) is 18.2 Å². The van der Waals surface area contributed by atoms with Crippen molar-refractivity contribution in [3.8, 4) is 5.75 Å². The standard InChI is InChI=1S/C23H18N2O2S/c1-27-20-15-9-8-10-17(20)16-21-22(26)25(19-13-6-3-7-14-19)23(28-21)24-18-11-4-2-5-12-18/h2-16H,1H3/b21-16+,24-23?. The summed E-state index contributed by atoms with van der Waals surface area (Å²) in [5, 5.41) is 0.628. The van der Waals surface area contributed by atoms with Gasteiger partial charge in [0.1, 0.15) is 5.75 Å². The second-order valence-corrected chi connectivity index (χ2v) is 7.07. The molecule has 4 rings (SSSR count). The summed E-state index contributed by atoms with van der Waals surface area (Å²) in [6.07, 6.45) is 1.86. The minimum Gasteiger partial charge on any atom is -0.496 e. The number of thioether (sulfide) groups is 1. The van der Waals surface area contributed by atoms with Gasteiger partial charge in [-0.05, 0) is 48.2 Å². The largest absolute Gasteiger partial charge is 0.496 e. The van der Waals surface area contributed by atoms with E-state index in [2.05, 4.69) is 0 Å². The van der Waals surface area contributed by atoms with Gasteiger partial charge in [-0.15, -0.1) is 0 Å². The lowest BCUT2D eigenvalue weighted by molar-refractivity contribution is -0.113. The number of benzene rings is 3. The predicted molar refractivity (Wildman–Crippen MR) is 116 cm³/mol. The number of aliphatic imine (C=N–C) groups is 1. The number of methoxy groups -OCH3 is 1. The molecule has 0 atom stereocenters. The molecule has 1 aliphatic rings. The van der Waals surface area contributed by atoms with Crippen molar-refractivity contribution in [2.45, 2.75) is 0 Å². The molecule has 0 unspecified atom stereocenters. The van der Waals surface area contributed by atoms with Crippen LogP contribution < -0.4 is 9.64 Å². The zero-order chi connectivity index (χ0) is 19.3. The first-order valence-corrected chi connectivity index (χ1v) is 9.64. The number of hydrogen-bond donors (Lipinski definition) is 0. The Kier molecular flexibility index (Phi) is 5.26. The molecule has 3 aromatic carbocycles. The first-order valence-electron chi connectivity index (χ1n) is 8.82. The Labute approximate surface area is 168 Å². The summed E-state index contributed by atoms with van der Waals surface area (Å²) in [7, 11) is 1.62. The number of carbonyl (C=O) groups excluding carboxylic acids is 1. The number of rotatable bonds is 4. The summed E-state index contributed by atoms with van der Waals surface area (Å²) in [5.74, 6) is 0.625. The van der Waals surface area contributed by atoms with Gasteiger partial charge in [-0.1, -0.05) is 54.6 Å². The van der Waals surface area contributed by atoms with E-state index in [1.165, 1.54) is 11.8 Å². The molecular weight excluding hydrogens is 368 g/mol. The van der Waals surface area contributed by atoms with E-state index in [9.17, 15) is 4.79 Å². The van der Waals surface area contributed by atoms with Crippen LogP contribution in [0.25, 0.3) is 6.08 Å². The zero-order valence-electron chi connectivity index (χ0n) is 15.3. The average Bonchev–Trinajstić information content (AvgIpc) is 3.04. The third kappa shape index (κ3) is 3.70. The lowest BCUT2D eigenvalue weighted by Crippen LogP contribution is -2.28. The van der Waals surface area contributed by atoms with Crippen LogP contribution in [0.5, 0.6) is 5.75 Å². The smallest absolute Gasteiger partial charge is 0.271 e. The van der Waals surface area contributed by atoms with E-state index in [-0.39, 0.29) is 5.91 Å². The number of amides is 1. The van der Waals surface area contributed by atoms with Crippen molar-refractivity contribution in [2.75, 3.05) is 12.0 Å². The SMILES string of the molecule is COc1ccccc1/C=C1/SC(=Nc2ccccc2)N(c2ccccc2)C1=O. The molecule has 1 fully saturated rings. The van der Waals surface area contributed by atoms with Gasteiger partial charge in [-0.2, -0.15) is 0 Å². The second kappa shape index (κ2) is 8.15. The van der Waals surface area contributed by atoms with Crippen LogP contribution in [-0.2, 0) is 4.79 Å². The number of nitrogens with zero attached hydrogens (tertiary/aromatic N) is 2. The summed E-state index contributed by atoms with van der Waals surface area (Å²) in [6.45, 7) is 0. The molecule has 28 heavy (non-hydrogen) atoms. The normalized spacial score (nSPS) is 16.8. The zero-order valence-corrected chi connectivity index (χ0v) is 16.1. The highest BCUT2D eigenvalue weighted by atomic mass is 32.2. The molecule has 1 amide bonds. The van der Waals surface area contributed by atoms with Crippen molar-refractivity contribution in [1.82, 2.24) is 0 Å². The van der Waals surface area contributed by atoms with Crippen molar-refractivity contribution in [1.29, 1.82) is 0 Å². The third-order valence-electron chi connectivity index (χ3n) is 4.23. The van der Waals surface area contributed by atoms with Crippen LogP contribution in [0.15, 0.2) is 94.8 Å². The van der Waals surface area contributed by atoms with Crippen LogP contribution in [0.1, 0.15) is 5.56 Å². The molecule has 1 heterocycles. The Morgan fingerprint density at radius 2 is 1.54 bits per heavy atom. The molecule has 0 saturated carbocycles. The summed E-state index contributed by atoms with van der Waals surface area (Å²) >= 11 is 1.36.